The van der Waals surface area contributed by atoms with Crippen molar-refractivity contribution in [1.29, 1.82) is 0 Å². The van der Waals surface area contributed by atoms with Crippen molar-refractivity contribution < 1.29 is 4.74 Å². The van der Waals surface area contributed by atoms with Gasteiger partial charge >= 0.3 is 0 Å². The van der Waals surface area contributed by atoms with E-state index >= 15 is 0 Å². The Morgan fingerprint density at radius 1 is 1.15 bits per heavy atom. The van der Waals surface area contributed by atoms with E-state index in [1.807, 2.05) is 19.2 Å². The van der Waals surface area contributed by atoms with Crippen LogP contribution < -0.4 is 10.1 Å². The van der Waals surface area contributed by atoms with Crippen LogP contribution in [0.25, 0.3) is 0 Å². The van der Waals surface area contributed by atoms with E-state index in [-0.39, 0.29) is 0 Å². The highest BCUT2D eigenvalue weighted by Crippen LogP contribution is 2.19. The number of likely N-dealkylation sites (N-methyl/N-ethyl adjacent to an activating group) is 2. The van der Waals surface area contributed by atoms with E-state index in [9.17, 15) is 0 Å². The molecule has 0 saturated heterocycles. The molecule has 0 bridgehead atoms. The zero-order chi connectivity index (χ0) is 15.0. The number of rotatable bonds is 9. The number of benzene rings is 1. The van der Waals surface area contributed by atoms with Gasteiger partial charge in [0.15, 0.2) is 0 Å². The van der Waals surface area contributed by atoms with E-state index in [0.717, 1.165) is 24.8 Å². The van der Waals surface area contributed by atoms with Gasteiger partial charge in [0.25, 0.3) is 0 Å². The van der Waals surface area contributed by atoms with Gasteiger partial charge in [-0.05, 0) is 37.2 Å². The van der Waals surface area contributed by atoms with E-state index in [2.05, 4.69) is 43.1 Å². The molecular formula is C17H30N2O. The monoisotopic (exact) mass is 278 g/mol. The Bertz CT molecular complexity index is 364. The van der Waals surface area contributed by atoms with Crippen LogP contribution in [0.5, 0.6) is 5.75 Å². The lowest BCUT2D eigenvalue weighted by Gasteiger charge is -2.28. The number of hydrogen-bond acceptors (Lipinski definition) is 3. The summed E-state index contributed by atoms with van der Waals surface area (Å²) in [6.45, 7) is 10.1. The van der Waals surface area contributed by atoms with Crippen molar-refractivity contribution in [2.24, 2.45) is 5.92 Å². The van der Waals surface area contributed by atoms with Gasteiger partial charge in [-0.15, -0.1) is 0 Å². The van der Waals surface area contributed by atoms with E-state index in [0.29, 0.717) is 6.04 Å². The summed E-state index contributed by atoms with van der Waals surface area (Å²) >= 11 is 0. The van der Waals surface area contributed by atoms with E-state index in [4.69, 9.17) is 4.74 Å². The topological polar surface area (TPSA) is 24.5 Å². The number of nitrogens with zero attached hydrogens (tertiary/aromatic N) is 1. The van der Waals surface area contributed by atoms with Crippen LogP contribution in [0, 0.1) is 5.92 Å². The average molecular weight is 278 g/mol. The zero-order valence-electron chi connectivity index (χ0n) is 13.6. The molecule has 2 unspecified atom stereocenters. The summed E-state index contributed by atoms with van der Waals surface area (Å²) in [7, 11) is 3.74. The molecule has 0 aliphatic heterocycles. The molecular weight excluding hydrogens is 248 g/mol. The maximum Gasteiger partial charge on any atom is 0.118 e. The molecule has 0 radical (unpaired) electrons. The van der Waals surface area contributed by atoms with Crippen molar-refractivity contribution in [1.82, 2.24) is 10.2 Å². The molecule has 0 spiro atoms. The molecule has 2 atom stereocenters. The molecule has 0 amide bonds. The molecule has 0 fully saturated rings. The predicted molar refractivity (Wildman–Crippen MR) is 86.4 cm³/mol. The van der Waals surface area contributed by atoms with Crippen LogP contribution >= 0.6 is 0 Å². The van der Waals surface area contributed by atoms with Gasteiger partial charge in [0.1, 0.15) is 5.75 Å². The van der Waals surface area contributed by atoms with Crippen LogP contribution in [0.3, 0.4) is 0 Å². The lowest BCUT2D eigenvalue weighted by Crippen LogP contribution is -2.36. The minimum Gasteiger partial charge on any atom is -0.497 e. The van der Waals surface area contributed by atoms with Crippen molar-refractivity contribution in [3.63, 3.8) is 0 Å². The predicted octanol–water partition coefficient (Wildman–Crippen LogP) is 3.32. The first-order chi connectivity index (χ1) is 9.64. The quantitative estimate of drug-likeness (QED) is 0.750. The molecule has 1 aromatic rings. The lowest BCUT2D eigenvalue weighted by molar-refractivity contribution is 0.223. The van der Waals surface area contributed by atoms with E-state index in [1.54, 1.807) is 7.11 Å². The molecule has 1 aromatic carbocycles. The fourth-order valence-corrected chi connectivity index (χ4v) is 2.36. The average Bonchev–Trinajstić information content (AvgIpc) is 2.51. The molecule has 1 N–H and O–H groups in total. The molecule has 0 aliphatic rings. The molecule has 0 aliphatic carbocycles. The molecule has 114 valence electrons. The van der Waals surface area contributed by atoms with Gasteiger partial charge in [-0.1, -0.05) is 39.3 Å². The maximum atomic E-state index is 5.22. The fraction of sp³-hybridized carbons (Fsp3) is 0.647. The molecule has 0 aromatic heterocycles. The molecule has 20 heavy (non-hydrogen) atoms. The van der Waals surface area contributed by atoms with Crippen LogP contribution in [-0.2, 0) is 0 Å². The van der Waals surface area contributed by atoms with Gasteiger partial charge in [-0.3, -0.25) is 0 Å². The Hall–Kier alpha value is -1.06. The summed E-state index contributed by atoms with van der Waals surface area (Å²) in [6.07, 6.45) is 1.24. The standard InChI is InChI=1S/C17H30N2O/c1-6-14(3)12-19(7-2)13-17(18-4)15-8-10-16(20-5)11-9-15/h8-11,14,17-18H,6-7,12-13H2,1-5H3. The molecule has 0 heterocycles. The van der Waals surface area contributed by atoms with Gasteiger partial charge in [-0.25, -0.2) is 0 Å². The number of nitrogens with one attached hydrogen (secondary N) is 1. The smallest absolute Gasteiger partial charge is 0.118 e. The third-order valence-corrected chi connectivity index (χ3v) is 4.02. The van der Waals surface area contributed by atoms with Gasteiger partial charge < -0.3 is 15.0 Å². The summed E-state index contributed by atoms with van der Waals surface area (Å²) < 4.78 is 5.22. The van der Waals surface area contributed by atoms with Crippen molar-refractivity contribution >= 4 is 0 Å². The summed E-state index contributed by atoms with van der Waals surface area (Å²) in [5.41, 5.74) is 1.32. The zero-order valence-corrected chi connectivity index (χ0v) is 13.6. The van der Waals surface area contributed by atoms with Crippen molar-refractivity contribution in [2.75, 3.05) is 33.8 Å². The second-order valence-electron chi connectivity index (χ2n) is 5.48. The molecule has 1 rings (SSSR count). The van der Waals surface area contributed by atoms with Crippen molar-refractivity contribution in [2.45, 2.75) is 33.2 Å². The van der Waals surface area contributed by atoms with Crippen LogP contribution in [0.4, 0.5) is 0 Å². The number of ether oxygens (including phenoxy) is 1. The van der Waals surface area contributed by atoms with Crippen molar-refractivity contribution in [3.05, 3.63) is 29.8 Å². The molecule has 3 heteroatoms. The number of hydrogen-bond donors (Lipinski definition) is 1. The fourth-order valence-electron chi connectivity index (χ4n) is 2.36. The Labute approximate surface area is 124 Å². The van der Waals surface area contributed by atoms with Crippen LogP contribution in [0.15, 0.2) is 24.3 Å². The first-order valence-corrected chi connectivity index (χ1v) is 7.68. The van der Waals surface area contributed by atoms with E-state index in [1.165, 1.54) is 18.5 Å². The minimum absolute atomic E-state index is 0.366. The van der Waals surface area contributed by atoms with E-state index < -0.39 is 0 Å². The first kappa shape index (κ1) is 17.0. The lowest BCUT2D eigenvalue weighted by atomic mass is 10.0. The highest BCUT2D eigenvalue weighted by atomic mass is 16.5. The first-order valence-electron chi connectivity index (χ1n) is 7.68. The van der Waals surface area contributed by atoms with Gasteiger partial charge in [0.05, 0.1) is 7.11 Å². The second kappa shape index (κ2) is 8.98. The van der Waals surface area contributed by atoms with Gasteiger partial charge in [-0.2, -0.15) is 0 Å². The SMILES string of the molecule is CCC(C)CN(CC)CC(NC)c1ccc(OC)cc1. The number of methoxy groups -OCH3 is 1. The summed E-state index contributed by atoms with van der Waals surface area (Å²) in [5.74, 6) is 1.67. The summed E-state index contributed by atoms with van der Waals surface area (Å²) in [4.78, 5) is 2.53. The van der Waals surface area contributed by atoms with Gasteiger partial charge in [0, 0.05) is 19.1 Å². The largest absolute Gasteiger partial charge is 0.497 e. The highest BCUT2D eigenvalue weighted by molar-refractivity contribution is 5.29. The van der Waals surface area contributed by atoms with Crippen LogP contribution in [0.2, 0.25) is 0 Å². The maximum absolute atomic E-state index is 5.22. The van der Waals surface area contributed by atoms with Crippen LogP contribution in [-0.4, -0.2) is 38.7 Å². The third-order valence-electron chi connectivity index (χ3n) is 4.02. The minimum atomic E-state index is 0.366. The Morgan fingerprint density at radius 3 is 2.25 bits per heavy atom. The third kappa shape index (κ3) is 5.14. The highest BCUT2D eigenvalue weighted by Gasteiger charge is 2.15. The normalized spacial score (nSPS) is 14.3. The van der Waals surface area contributed by atoms with Crippen molar-refractivity contribution in [3.8, 4) is 5.75 Å². The summed E-state index contributed by atoms with van der Waals surface area (Å²) in [6, 6.07) is 8.73. The molecule has 0 saturated carbocycles. The Kier molecular flexibility index (Phi) is 7.63. The summed E-state index contributed by atoms with van der Waals surface area (Å²) in [5, 5.41) is 3.43. The second-order valence-corrected chi connectivity index (χ2v) is 5.48. The Balaban J connectivity index is 2.68. The van der Waals surface area contributed by atoms with Crippen LogP contribution in [0.1, 0.15) is 38.8 Å². The van der Waals surface area contributed by atoms with Gasteiger partial charge in [0.2, 0.25) is 0 Å². The molecule has 3 nitrogen and oxygen atoms in total. The Morgan fingerprint density at radius 2 is 1.80 bits per heavy atom.